The Morgan fingerprint density at radius 3 is 1.97 bits per heavy atom. The van der Waals surface area contributed by atoms with Gasteiger partial charge >= 0.3 is 11.1 Å². The average molecular weight is 449 g/mol. The molecule has 1 N–H and O–H groups in total. The minimum atomic E-state index is -0.704. The topological polar surface area (TPSA) is 91.6 Å². The van der Waals surface area contributed by atoms with Gasteiger partial charge in [0.2, 0.25) is 0 Å². The summed E-state index contributed by atoms with van der Waals surface area (Å²) in [7, 11) is 4.51. The molecule has 0 saturated carbocycles. The normalized spacial score (nSPS) is 10.8. The standard InChI is InChI=1S/C24H20FN3O5/c1-27-19-12-18(26-22(29)14-4-6-15(25)7-5-14)21(13-20(19)28(2)24(31)23(27)30)33-17-10-8-16(32-3)9-11-17/h4-13H,1-3H3,(H,26,29). The number of benzene rings is 3. The smallest absolute Gasteiger partial charge is 0.316 e. The number of carbonyl (C=O) groups is 1. The second-order valence-electron chi connectivity index (χ2n) is 7.30. The summed E-state index contributed by atoms with van der Waals surface area (Å²) in [4.78, 5) is 37.4. The Kier molecular flexibility index (Phi) is 5.70. The number of halogens is 1. The zero-order chi connectivity index (χ0) is 23.7. The lowest BCUT2D eigenvalue weighted by atomic mass is 10.2. The monoisotopic (exact) mass is 449 g/mol. The third kappa shape index (κ3) is 4.20. The van der Waals surface area contributed by atoms with Crippen LogP contribution < -0.4 is 25.9 Å². The number of ether oxygens (including phenoxy) is 2. The van der Waals surface area contributed by atoms with Crippen molar-refractivity contribution >= 4 is 22.6 Å². The van der Waals surface area contributed by atoms with Crippen molar-refractivity contribution in [1.82, 2.24) is 9.13 Å². The van der Waals surface area contributed by atoms with E-state index in [2.05, 4.69) is 5.32 Å². The van der Waals surface area contributed by atoms with E-state index in [4.69, 9.17) is 9.47 Å². The van der Waals surface area contributed by atoms with E-state index in [1.807, 2.05) is 0 Å². The predicted molar refractivity (Wildman–Crippen MR) is 122 cm³/mol. The molecule has 0 bridgehead atoms. The molecule has 0 saturated heterocycles. The predicted octanol–water partition coefficient (Wildman–Crippen LogP) is 3.43. The van der Waals surface area contributed by atoms with Crippen LogP contribution in [0.5, 0.6) is 17.2 Å². The zero-order valence-electron chi connectivity index (χ0n) is 18.1. The van der Waals surface area contributed by atoms with Gasteiger partial charge in [-0.25, -0.2) is 4.39 Å². The molecule has 0 aliphatic heterocycles. The second-order valence-corrected chi connectivity index (χ2v) is 7.30. The minimum Gasteiger partial charge on any atom is -0.497 e. The number of nitrogens with one attached hydrogen (secondary N) is 1. The van der Waals surface area contributed by atoms with Crippen LogP contribution in [-0.4, -0.2) is 22.2 Å². The van der Waals surface area contributed by atoms with E-state index < -0.39 is 22.8 Å². The molecule has 3 aromatic carbocycles. The lowest BCUT2D eigenvalue weighted by Crippen LogP contribution is -2.39. The summed E-state index contributed by atoms with van der Waals surface area (Å²) in [5, 5.41) is 2.75. The van der Waals surface area contributed by atoms with Crippen LogP contribution in [0.2, 0.25) is 0 Å². The molecule has 1 aromatic heterocycles. The van der Waals surface area contributed by atoms with Crippen molar-refractivity contribution < 1.29 is 18.7 Å². The van der Waals surface area contributed by atoms with E-state index >= 15 is 0 Å². The molecule has 0 aliphatic rings. The van der Waals surface area contributed by atoms with Crippen LogP contribution in [0.3, 0.4) is 0 Å². The molecule has 4 rings (SSSR count). The number of hydrogen-bond acceptors (Lipinski definition) is 5. The largest absolute Gasteiger partial charge is 0.497 e. The van der Waals surface area contributed by atoms with Gasteiger partial charge in [0.1, 0.15) is 17.3 Å². The number of carbonyl (C=O) groups excluding carboxylic acids is 1. The SMILES string of the molecule is COc1ccc(Oc2cc3c(cc2NC(=O)c2ccc(F)cc2)n(C)c(=O)c(=O)n3C)cc1. The minimum absolute atomic E-state index is 0.237. The molecular formula is C24H20FN3O5. The molecule has 1 amide bonds. The molecule has 0 radical (unpaired) electrons. The highest BCUT2D eigenvalue weighted by molar-refractivity contribution is 6.06. The number of rotatable bonds is 5. The third-order valence-corrected chi connectivity index (χ3v) is 5.23. The van der Waals surface area contributed by atoms with E-state index in [-0.39, 0.29) is 17.0 Å². The second kappa shape index (κ2) is 8.62. The number of aromatic nitrogens is 2. The van der Waals surface area contributed by atoms with Crippen molar-refractivity contribution in [1.29, 1.82) is 0 Å². The van der Waals surface area contributed by atoms with E-state index in [1.54, 1.807) is 43.5 Å². The quantitative estimate of drug-likeness (QED) is 0.472. The van der Waals surface area contributed by atoms with Crippen LogP contribution in [0.1, 0.15) is 10.4 Å². The van der Waals surface area contributed by atoms with Gasteiger partial charge in [0.05, 0.1) is 23.8 Å². The summed E-state index contributed by atoms with van der Waals surface area (Å²) >= 11 is 0. The Labute approximate surface area is 187 Å². The molecule has 33 heavy (non-hydrogen) atoms. The van der Waals surface area contributed by atoms with Gasteiger partial charge in [-0.1, -0.05) is 0 Å². The van der Waals surface area contributed by atoms with Crippen LogP contribution >= 0.6 is 0 Å². The van der Waals surface area contributed by atoms with Crippen molar-refractivity contribution in [3.05, 3.63) is 92.8 Å². The molecule has 9 heteroatoms. The number of hydrogen-bond donors (Lipinski definition) is 1. The first-order chi connectivity index (χ1) is 15.8. The van der Waals surface area contributed by atoms with Crippen LogP contribution in [-0.2, 0) is 14.1 Å². The molecule has 4 aromatic rings. The summed E-state index contributed by atoms with van der Waals surface area (Å²) in [6, 6.07) is 15.0. The number of fused-ring (bicyclic) bond motifs is 1. The molecule has 0 atom stereocenters. The van der Waals surface area contributed by atoms with Gasteiger partial charge in [-0.3, -0.25) is 14.4 Å². The van der Waals surface area contributed by atoms with Crippen molar-refractivity contribution in [2.24, 2.45) is 14.1 Å². The van der Waals surface area contributed by atoms with Crippen molar-refractivity contribution in [2.45, 2.75) is 0 Å². The molecule has 168 valence electrons. The maximum atomic E-state index is 13.2. The first kappa shape index (κ1) is 21.8. The first-order valence-electron chi connectivity index (χ1n) is 9.91. The molecule has 0 fully saturated rings. The highest BCUT2D eigenvalue weighted by Crippen LogP contribution is 2.34. The fourth-order valence-corrected chi connectivity index (χ4v) is 3.35. The van der Waals surface area contributed by atoms with Crippen LogP contribution in [0.25, 0.3) is 11.0 Å². The highest BCUT2D eigenvalue weighted by Gasteiger charge is 2.17. The molecule has 0 unspecified atom stereocenters. The lowest BCUT2D eigenvalue weighted by molar-refractivity contribution is 0.102. The average Bonchev–Trinajstić information content (AvgIpc) is 2.83. The number of amides is 1. The Balaban J connectivity index is 1.84. The van der Waals surface area contributed by atoms with Gasteiger partial charge < -0.3 is 23.9 Å². The summed E-state index contributed by atoms with van der Waals surface area (Å²) in [5.41, 5.74) is -0.0420. The molecule has 1 heterocycles. The fraction of sp³-hybridized carbons (Fsp3) is 0.125. The van der Waals surface area contributed by atoms with Crippen LogP contribution in [0.15, 0.2) is 70.3 Å². The Bertz CT molecular complexity index is 1470. The van der Waals surface area contributed by atoms with E-state index in [0.29, 0.717) is 22.5 Å². The van der Waals surface area contributed by atoms with Crippen LogP contribution in [0.4, 0.5) is 10.1 Å². The van der Waals surface area contributed by atoms with E-state index in [9.17, 15) is 18.8 Å². The fourth-order valence-electron chi connectivity index (χ4n) is 3.35. The van der Waals surface area contributed by atoms with Crippen molar-refractivity contribution in [3.8, 4) is 17.2 Å². The van der Waals surface area contributed by atoms with E-state index in [1.165, 1.54) is 47.5 Å². The van der Waals surface area contributed by atoms with Gasteiger partial charge in [0, 0.05) is 25.7 Å². The van der Waals surface area contributed by atoms with E-state index in [0.717, 1.165) is 0 Å². The number of anilines is 1. The number of aryl methyl sites for hydroxylation is 2. The summed E-state index contributed by atoms with van der Waals surface area (Å²) < 4.78 is 26.8. The van der Waals surface area contributed by atoms with Crippen molar-refractivity contribution in [3.63, 3.8) is 0 Å². The van der Waals surface area contributed by atoms with Gasteiger partial charge in [-0.2, -0.15) is 0 Å². The highest BCUT2D eigenvalue weighted by atomic mass is 19.1. The molecule has 0 spiro atoms. The summed E-state index contributed by atoms with van der Waals surface area (Å²) in [6.07, 6.45) is 0. The molecule has 0 aliphatic carbocycles. The molecular weight excluding hydrogens is 429 g/mol. The van der Waals surface area contributed by atoms with Gasteiger partial charge in [-0.05, 0) is 54.6 Å². The Morgan fingerprint density at radius 2 is 1.39 bits per heavy atom. The third-order valence-electron chi connectivity index (χ3n) is 5.23. The summed E-state index contributed by atoms with van der Waals surface area (Å²) in [5.74, 6) is 0.391. The number of methoxy groups -OCH3 is 1. The Hall–Kier alpha value is -4.40. The Morgan fingerprint density at radius 1 is 0.848 bits per heavy atom. The first-order valence-corrected chi connectivity index (χ1v) is 9.91. The van der Waals surface area contributed by atoms with Crippen molar-refractivity contribution in [2.75, 3.05) is 12.4 Å². The summed E-state index contributed by atoms with van der Waals surface area (Å²) in [6.45, 7) is 0. The maximum absolute atomic E-state index is 13.2. The van der Waals surface area contributed by atoms with Gasteiger partial charge in [-0.15, -0.1) is 0 Å². The molecule has 8 nitrogen and oxygen atoms in total. The zero-order valence-corrected chi connectivity index (χ0v) is 18.1. The number of nitrogens with zero attached hydrogens (tertiary/aromatic N) is 2. The van der Waals surface area contributed by atoms with Gasteiger partial charge in [0.15, 0.2) is 5.75 Å². The van der Waals surface area contributed by atoms with Crippen LogP contribution in [0, 0.1) is 5.82 Å². The van der Waals surface area contributed by atoms with Gasteiger partial charge in [0.25, 0.3) is 5.91 Å². The maximum Gasteiger partial charge on any atom is 0.316 e. The lowest BCUT2D eigenvalue weighted by Gasteiger charge is -2.16.